The summed E-state index contributed by atoms with van der Waals surface area (Å²) < 4.78 is 5.15. The van der Waals surface area contributed by atoms with E-state index in [1.54, 1.807) is 7.11 Å². The molecule has 1 aromatic rings. The van der Waals surface area contributed by atoms with Crippen molar-refractivity contribution in [3.05, 3.63) is 24.3 Å². The summed E-state index contributed by atoms with van der Waals surface area (Å²) in [5.41, 5.74) is 5.25. The number of hydrogen-bond donors (Lipinski definition) is 2. The van der Waals surface area contributed by atoms with Gasteiger partial charge in [-0.3, -0.25) is 5.41 Å². The molecule has 0 radical (unpaired) electrons. The SMILES string of the molecule is COc1ccccc1SCC(=N)N. The first-order chi connectivity index (χ1) is 6.24. The van der Waals surface area contributed by atoms with Crippen molar-refractivity contribution < 1.29 is 4.74 Å². The first kappa shape index (κ1) is 9.92. The molecule has 0 heterocycles. The van der Waals surface area contributed by atoms with Crippen LogP contribution in [0.15, 0.2) is 29.2 Å². The van der Waals surface area contributed by atoms with E-state index in [-0.39, 0.29) is 5.84 Å². The lowest BCUT2D eigenvalue weighted by Crippen LogP contribution is -2.11. The lowest BCUT2D eigenvalue weighted by molar-refractivity contribution is 0.405. The van der Waals surface area contributed by atoms with Crippen LogP contribution in [0.4, 0.5) is 0 Å². The molecule has 4 heteroatoms. The molecule has 1 rings (SSSR count). The van der Waals surface area contributed by atoms with Crippen molar-refractivity contribution in [3.63, 3.8) is 0 Å². The van der Waals surface area contributed by atoms with E-state index in [1.165, 1.54) is 11.8 Å². The minimum absolute atomic E-state index is 0.177. The maximum Gasteiger partial charge on any atom is 0.132 e. The number of rotatable bonds is 4. The molecule has 0 fully saturated rings. The third-order valence-corrected chi connectivity index (χ3v) is 2.56. The second kappa shape index (κ2) is 4.77. The molecule has 0 unspecified atom stereocenters. The van der Waals surface area contributed by atoms with E-state index in [4.69, 9.17) is 15.9 Å². The molecule has 0 saturated carbocycles. The normalized spacial score (nSPS) is 9.62. The molecule has 13 heavy (non-hydrogen) atoms. The van der Waals surface area contributed by atoms with Gasteiger partial charge in [-0.05, 0) is 12.1 Å². The first-order valence-electron chi connectivity index (χ1n) is 3.82. The Bertz CT molecular complexity index is 301. The molecule has 0 atom stereocenters. The van der Waals surface area contributed by atoms with Crippen LogP contribution in [0.1, 0.15) is 0 Å². The van der Waals surface area contributed by atoms with Gasteiger partial charge in [0.2, 0.25) is 0 Å². The Kier molecular flexibility index (Phi) is 3.64. The van der Waals surface area contributed by atoms with Crippen molar-refractivity contribution in [2.45, 2.75) is 4.90 Å². The zero-order valence-electron chi connectivity index (χ0n) is 7.41. The number of methoxy groups -OCH3 is 1. The van der Waals surface area contributed by atoms with Crippen LogP contribution in [0, 0.1) is 5.41 Å². The van der Waals surface area contributed by atoms with Gasteiger partial charge in [0, 0.05) is 4.90 Å². The molecule has 0 aliphatic heterocycles. The van der Waals surface area contributed by atoms with Crippen molar-refractivity contribution in [1.29, 1.82) is 5.41 Å². The smallest absolute Gasteiger partial charge is 0.132 e. The lowest BCUT2D eigenvalue weighted by atomic mass is 10.3. The number of benzene rings is 1. The van der Waals surface area contributed by atoms with Gasteiger partial charge in [0.25, 0.3) is 0 Å². The fourth-order valence-electron chi connectivity index (χ4n) is 0.894. The zero-order chi connectivity index (χ0) is 9.68. The first-order valence-corrected chi connectivity index (χ1v) is 4.81. The Balaban J connectivity index is 2.69. The van der Waals surface area contributed by atoms with Gasteiger partial charge in [0.1, 0.15) is 11.6 Å². The van der Waals surface area contributed by atoms with E-state index < -0.39 is 0 Å². The van der Waals surface area contributed by atoms with E-state index in [1.807, 2.05) is 24.3 Å². The monoisotopic (exact) mass is 196 g/mol. The van der Waals surface area contributed by atoms with Gasteiger partial charge < -0.3 is 10.5 Å². The molecule has 1 aromatic carbocycles. The third-order valence-electron chi connectivity index (χ3n) is 1.45. The average Bonchev–Trinajstić information content (AvgIpc) is 2.15. The van der Waals surface area contributed by atoms with Gasteiger partial charge >= 0.3 is 0 Å². The number of para-hydroxylation sites is 1. The maximum absolute atomic E-state index is 7.09. The second-order valence-corrected chi connectivity index (χ2v) is 3.48. The summed E-state index contributed by atoms with van der Waals surface area (Å²) >= 11 is 1.51. The number of nitrogens with two attached hydrogens (primary N) is 1. The summed E-state index contributed by atoms with van der Waals surface area (Å²) in [7, 11) is 1.63. The van der Waals surface area contributed by atoms with E-state index >= 15 is 0 Å². The summed E-state index contributed by atoms with van der Waals surface area (Å²) in [6.45, 7) is 0. The number of thioether (sulfide) groups is 1. The minimum Gasteiger partial charge on any atom is -0.496 e. The van der Waals surface area contributed by atoms with Crippen LogP contribution in [0.2, 0.25) is 0 Å². The van der Waals surface area contributed by atoms with Crippen LogP contribution < -0.4 is 10.5 Å². The van der Waals surface area contributed by atoms with Crippen LogP contribution in [0.3, 0.4) is 0 Å². The highest BCUT2D eigenvalue weighted by Gasteiger charge is 2.01. The molecule has 0 amide bonds. The molecule has 0 saturated heterocycles. The van der Waals surface area contributed by atoms with Gasteiger partial charge in [-0.1, -0.05) is 12.1 Å². The zero-order valence-corrected chi connectivity index (χ0v) is 8.23. The Morgan fingerprint density at radius 1 is 1.54 bits per heavy atom. The Morgan fingerprint density at radius 3 is 2.85 bits per heavy atom. The van der Waals surface area contributed by atoms with E-state index in [0.29, 0.717) is 5.75 Å². The summed E-state index contributed by atoms with van der Waals surface area (Å²) in [6, 6.07) is 7.69. The summed E-state index contributed by atoms with van der Waals surface area (Å²) in [6.07, 6.45) is 0. The molecule has 0 aliphatic carbocycles. The van der Waals surface area contributed by atoms with Crippen molar-refractivity contribution in [3.8, 4) is 5.75 Å². The quantitative estimate of drug-likeness (QED) is 0.438. The third kappa shape index (κ3) is 2.99. The van der Waals surface area contributed by atoms with Crippen LogP contribution in [-0.4, -0.2) is 18.7 Å². The van der Waals surface area contributed by atoms with E-state index in [0.717, 1.165) is 10.6 Å². The van der Waals surface area contributed by atoms with Gasteiger partial charge in [-0.2, -0.15) is 0 Å². The van der Waals surface area contributed by atoms with Crippen molar-refractivity contribution in [1.82, 2.24) is 0 Å². The molecule has 3 nitrogen and oxygen atoms in total. The van der Waals surface area contributed by atoms with Crippen LogP contribution in [-0.2, 0) is 0 Å². The molecule has 0 bridgehead atoms. The fourth-order valence-corrected chi connectivity index (χ4v) is 1.67. The highest BCUT2D eigenvalue weighted by atomic mass is 32.2. The van der Waals surface area contributed by atoms with Crippen molar-refractivity contribution >= 4 is 17.6 Å². The Morgan fingerprint density at radius 2 is 2.23 bits per heavy atom. The molecule has 0 spiro atoms. The molecular weight excluding hydrogens is 184 g/mol. The molecule has 0 aromatic heterocycles. The number of hydrogen-bond acceptors (Lipinski definition) is 3. The van der Waals surface area contributed by atoms with Gasteiger partial charge in [-0.25, -0.2) is 0 Å². The van der Waals surface area contributed by atoms with Gasteiger partial charge in [0.05, 0.1) is 12.9 Å². The number of amidine groups is 1. The topological polar surface area (TPSA) is 59.1 Å². The highest BCUT2D eigenvalue weighted by molar-refractivity contribution is 8.00. The summed E-state index contributed by atoms with van der Waals surface area (Å²) in [5.74, 6) is 1.50. The van der Waals surface area contributed by atoms with Crippen molar-refractivity contribution in [2.75, 3.05) is 12.9 Å². The van der Waals surface area contributed by atoms with Gasteiger partial charge in [-0.15, -0.1) is 11.8 Å². The number of nitrogens with one attached hydrogen (secondary N) is 1. The molecule has 0 aliphatic rings. The van der Waals surface area contributed by atoms with Gasteiger partial charge in [0.15, 0.2) is 0 Å². The molecule has 70 valence electrons. The number of ether oxygens (including phenoxy) is 1. The predicted molar refractivity (Wildman–Crippen MR) is 55.6 cm³/mol. The fraction of sp³-hybridized carbons (Fsp3) is 0.222. The van der Waals surface area contributed by atoms with Crippen LogP contribution >= 0.6 is 11.8 Å². The Hall–Kier alpha value is -1.16. The molecular formula is C9H12N2OS. The van der Waals surface area contributed by atoms with Crippen LogP contribution in [0.5, 0.6) is 5.75 Å². The second-order valence-electron chi connectivity index (χ2n) is 2.46. The Labute approximate surface area is 81.8 Å². The predicted octanol–water partition coefficient (Wildman–Crippen LogP) is 1.72. The average molecular weight is 196 g/mol. The summed E-state index contributed by atoms with van der Waals surface area (Å²) in [5, 5.41) is 7.09. The van der Waals surface area contributed by atoms with Crippen LogP contribution in [0.25, 0.3) is 0 Å². The van der Waals surface area contributed by atoms with Crippen molar-refractivity contribution in [2.24, 2.45) is 5.73 Å². The summed E-state index contributed by atoms with van der Waals surface area (Å²) in [4.78, 5) is 1.01. The van der Waals surface area contributed by atoms with E-state index in [9.17, 15) is 0 Å². The highest BCUT2D eigenvalue weighted by Crippen LogP contribution is 2.28. The lowest BCUT2D eigenvalue weighted by Gasteiger charge is -2.06. The van der Waals surface area contributed by atoms with E-state index in [2.05, 4.69) is 0 Å². The standard InChI is InChI=1S/C9H12N2OS/c1-12-7-4-2-3-5-8(7)13-6-9(10)11/h2-5H,6H2,1H3,(H3,10,11). The largest absolute Gasteiger partial charge is 0.496 e. The molecule has 3 N–H and O–H groups in total. The maximum atomic E-state index is 7.09. The minimum atomic E-state index is 0.177.